The van der Waals surface area contributed by atoms with E-state index < -0.39 is 27.3 Å². The minimum Gasteiger partial charge on any atom is -0.368 e. The second kappa shape index (κ2) is 8.17. The molecule has 33 heavy (non-hydrogen) atoms. The van der Waals surface area contributed by atoms with Crippen LogP contribution in [0.15, 0.2) is 41.3 Å². The number of rotatable bonds is 6. The van der Waals surface area contributed by atoms with Gasteiger partial charge in [-0.15, -0.1) is 5.10 Å². The molecule has 0 unspecified atom stereocenters. The number of aromatic nitrogens is 3. The molecule has 1 fully saturated rings. The van der Waals surface area contributed by atoms with Crippen LogP contribution in [-0.4, -0.2) is 42.2 Å². The highest BCUT2D eigenvalue weighted by Crippen LogP contribution is 2.43. The molecule has 0 atom stereocenters. The van der Waals surface area contributed by atoms with E-state index in [-0.39, 0.29) is 38.6 Å². The average Bonchev–Trinajstić information content (AvgIpc) is 3.10. The molecule has 0 radical (unpaired) electrons. The molecular weight excluding hydrogens is 483 g/mol. The third-order valence-corrected chi connectivity index (χ3v) is 6.97. The van der Waals surface area contributed by atoms with Gasteiger partial charge in [0.15, 0.2) is 0 Å². The third-order valence-electron chi connectivity index (χ3n) is 5.02. The van der Waals surface area contributed by atoms with Crippen LogP contribution in [0.2, 0.25) is 5.02 Å². The van der Waals surface area contributed by atoms with Crippen molar-refractivity contribution >= 4 is 39.2 Å². The molecule has 4 rings (SSSR count). The van der Waals surface area contributed by atoms with Crippen LogP contribution in [0.1, 0.15) is 12.5 Å². The summed E-state index contributed by atoms with van der Waals surface area (Å²) in [5.74, 6) is -0.0368. The monoisotopic (exact) mass is 501 g/mol. The molecule has 0 saturated carbocycles. The zero-order chi connectivity index (χ0) is 24.0. The Kier molecular flexibility index (Phi) is 5.76. The van der Waals surface area contributed by atoms with Crippen LogP contribution in [0.3, 0.4) is 0 Å². The highest BCUT2D eigenvalue weighted by Gasteiger charge is 2.37. The van der Waals surface area contributed by atoms with Gasteiger partial charge in [-0.05, 0) is 36.8 Å². The molecule has 2 aromatic carbocycles. The van der Waals surface area contributed by atoms with Crippen molar-refractivity contribution in [1.29, 1.82) is 0 Å². The summed E-state index contributed by atoms with van der Waals surface area (Å²) in [7, 11) is -3.85. The lowest BCUT2D eigenvalue weighted by atomic mass is 9.97. The minimum absolute atomic E-state index is 0.000764. The number of nitrogens with one attached hydrogen (secondary N) is 4. The third kappa shape index (κ3) is 4.90. The normalized spacial score (nSPS) is 15.8. The van der Waals surface area contributed by atoms with Crippen molar-refractivity contribution in [2.75, 3.05) is 24.1 Å². The lowest BCUT2D eigenvalue weighted by molar-refractivity contribution is -0.137. The number of nitrogens with two attached hydrogens (primary N) is 1. The quantitative estimate of drug-likeness (QED) is 0.350. The summed E-state index contributed by atoms with van der Waals surface area (Å²) in [6.45, 7) is 2.72. The predicted molar refractivity (Wildman–Crippen MR) is 118 cm³/mol. The Balaban J connectivity index is 1.69. The number of H-pyrrole nitrogens is 1. The fourth-order valence-corrected chi connectivity index (χ4v) is 5.15. The molecule has 1 saturated heterocycles. The van der Waals surface area contributed by atoms with Gasteiger partial charge in [0.25, 0.3) is 0 Å². The van der Waals surface area contributed by atoms with Gasteiger partial charge in [-0.25, -0.2) is 18.2 Å². The molecule has 176 valence electrons. The summed E-state index contributed by atoms with van der Waals surface area (Å²) in [5, 5.41) is 11.5. The van der Waals surface area contributed by atoms with Crippen molar-refractivity contribution in [1.82, 2.24) is 25.2 Å². The van der Waals surface area contributed by atoms with E-state index in [2.05, 4.69) is 30.5 Å². The van der Waals surface area contributed by atoms with Crippen molar-refractivity contribution < 1.29 is 21.6 Å². The minimum atomic E-state index is -4.74. The fourth-order valence-electron chi connectivity index (χ4n) is 3.41. The lowest BCUT2D eigenvalue weighted by Gasteiger charge is -2.39. The molecule has 0 amide bonds. The number of benzene rings is 2. The topological polar surface area (TPSA) is 138 Å². The summed E-state index contributed by atoms with van der Waals surface area (Å²) in [6, 6.07) is 7.21. The zero-order valence-corrected chi connectivity index (χ0v) is 18.7. The van der Waals surface area contributed by atoms with Gasteiger partial charge in [0.1, 0.15) is 0 Å². The Bertz CT molecular complexity index is 1290. The van der Waals surface area contributed by atoms with Crippen LogP contribution in [0.4, 0.5) is 30.8 Å². The number of anilines is 3. The number of aromatic amines is 1. The van der Waals surface area contributed by atoms with E-state index in [1.165, 1.54) is 30.3 Å². The van der Waals surface area contributed by atoms with Crippen LogP contribution >= 0.6 is 11.6 Å². The number of halogens is 4. The van der Waals surface area contributed by atoms with Crippen LogP contribution < -0.4 is 21.1 Å². The lowest BCUT2D eigenvalue weighted by Crippen LogP contribution is -2.66. The number of hydrogen-bond donors (Lipinski definition) is 5. The molecule has 14 heteroatoms. The number of alkyl halides is 3. The first-order valence-corrected chi connectivity index (χ1v) is 11.4. The number of sulfonamides is 1. The Hall–Kier alpha value is -2.87. The molecule has 0 spiro atoms. The van der Waals surface area contributed by atoms with Crippen molar-refractivity contribution in [3.8, 4) is 11.1 Å². The van der Waals surface area contributed by atoms with Gasteiger partial charge >= 0.3 is 6.18 Å². The molecule has 1 aromatic heterocycles. The van der Waals surface area contributed by atoms with Gasteiger partial charge in [0.2, 0.25) is 21.9 Å². The maximum atomic E-state index is 13.9. The predicted octanol–water partition coefficient (Wildman–Crippen LogP) is 3.11. The maximum absolute atomic E-state index is 13.9. The van der Waals surface area contributed by atoms with Crippen LogP contribution in [0, 0.1) is 0 Å². The molecular formula is C19H19ClF3N7O2S. The first kappa shape index (κ1) is 23.3. The van der Waals surface area contributed by atoms with Crippen molar-refractivity contribution in [2.24, 2.45) is 0 Å². The molecule has 1 aliphatic heterocycles. The van der Waals surface area contributed by atoms with Crippen LogP contribution in [0.25, 0.3) is 11.1 Å². The first-order valence-electron chi connectivity index (χ1n) is 9.57. The van der Waals surface area contributed by atoms with E-state index in [1.54, 1.807) is 6.92 Å². The van der Waals surface area contributed by atoms with Crippen LogP contribution in [-0.2, 0) is 16.2 Å². The van der Waals surface area contributed by atoms with E-state index in [0.29, 0.717) is 13.1 Å². The molecule has 0 bridgehead atoms. The van der Waals surface area contributed by atoms with E-state index in [0.717, 1.165) is 6.07 Å². The Morgan fingerprint density at radius 1 is 1.18 bits per heavy atom. The van der Waals surface area contributed by atoms with Gasteiger partial charge in [-0.2, -0.15) is 18.2 Å². The molecule has 6 N–H and O–H groups in total. The zero-order valence-electron chi connectivity index (χ0n) is 17.1. The summed E-state index contributed by atoms with van der Waals surface area (Å²) in [6.07, 6.45) is -4.74. The second-order valence-corrected chi connectivity index (χ2v) is 9.93. The molecule has 2 heterocycles. The van der Waals surface area contributed by atoms with Gasteiger partial charge in [-0.3, -0.25) is 0 Å². The van der Waals surface area contributed by atoms with E-state index in [9.17, 15) is 21.6 Å². The number of nitrogens with zero attached hydrogens (tertiary/aromatic N) is 2. The van der Waals surface area contributed by atoms with Gasteiger partial charge in [0, 0.05) is 24.3 Å². The largest absolute Gasteiger partial charge is 0.417 e. The standard InChI is InChI=1S/C19H19ClF3N7O2S/c1-18(8-25-9-18)30-33(31,32)12-4-2-10(3-5-12)15-13(19(21,22)23)6-11(7-14(15)20)26-17-27-16(24)28-29-17/h2-7,25,30H,8-9H2,1H3,(H4,24,26,27,28,29). The first-order chi connectivity index (χ1) is 15.4. The number of hydrogen-bond acceptors (Lipinski definition) is 7. The summed E-state index contributed by atoms with van der Waals surface area (Å²) in [5.41, 5.74) is 3.63. The highest BCUT2D eigenvalue weighted by atomic mass is 35.5. The molecule has 3 aromatic rings. The molecule has 9 nitrogen and oxygen atoms in total. The van der Waals surface area contributed by atoms with Crippen molar-refractivity contribution in [3.05, 3.63) is 47.0 Å². The second-order valence-electron chi connectivity index (χ2n) is 7.84. The van der Waals surface area contributed by atoms with Gasteiger partial charge in [0.05, 0.1) is 21.0 Å². The molecule has 0 aliphatic carbocycles. The SMILES string of the molecule is CC1(NS(=O)(=O)c2ccc(-c3c(Cl)cc(Nc4n[nH]c(N)n4)cc3C(F)(F)F)cc2)CNC1. The smallest absolute Gasteiger partial charge is 0.368 e. The van der Waals surface area contributed by atoms with Crippen molar-refractivity contribution in [2.45, 2.75) is 23.5 Å². The molecule has 1 aliphatic rings. The highest BCUT2D eigenvalue weighted by molar-refractivity contribution is 7.89. The summed E-state index contributed by atoms with van der Waals surface area (Å²) >= 11 is 6.24. The van der Waals surface area contributed by atoms with Crippen LogP contribution in [0.5, 0.6) is 0 Å². The fraction of sp³-hybridized carbons (Fsp3) is 0.263. The van der Waals surface area contributed by atoms with Gasteiger partial charge in [-0.1, -0.05) is 23.7 Å². The van der Waals surface area contributed by atoms with Gasteiger partial charge < -0.3 is 16.4 Å². The van der Waals surface area contributed by atoms with Crippen molar-refractivity contribution in [3.63, 3.8) is 0 Å². The van der Waals surface area contributed by atoms with E-state index in [4.69, 9.17) is 17.3 Å². The Labute approximate surface area is 192 Å². The Morgan fingerprint density at radius 2 is 1.85 bits per heavy atom. The summed E-state index contributed by atoms with van der Waals surface area (Å²) in [4.78, 5) is 3.72. The van der Waals surface area contributed by atoms with E-state index in [1.807, 2.05) is 0 Å². The average molecular weight is 502 g/mol. The Morgan fingerprint density at radius 3 is 2.36 bits per heavy atom. The summed E-state index contributed by atoms with van der Waals surface area (Å²) < 4.78 is 69.5. The maximum Gasteiger partial charge on any atom is 0.417 e. The number of nitrogen functional groups attached to an aromatic ring is 1. The van der Waals surface area contributed by atoms with E-state index >= 15 is 0 Å².